The lowest BCUT2D eigenvalue weighted by Crippen LogP contribution is -2.29. The standard InChI is InChI=1S/C19H18ClF3N2O3/c20-15-7-12(8-16-18(15)28-6-2-5-27-16)10-25-17(26)11-24-14-4-1-3-13(9-14)19(21,22)23/h1,3-4,7-9,24H,2,5-6,10-11H2,(H,25,26). The minimum atomic E-state index is -4.43. The van der Waals surface area contributed by atoms with E-state index in [2.05, 4.69) is 10.6 Å². The van der Waals surface area contributed by atoms with Crippen LogP contribution in [0.1, 0.15) is 17.5 Å². The van der Waals surface area contributed by atoms with Gasteiger partial charge < -0.3 is 20.1 Å². The fourth-order valence-corrected chi connectivity index (χ4v) is 2.93. The molecule has 1 heterocycles. The third kappa shape index (κ3) is 5.22. The molecule has 5 nitrogen and oxygen atoms in total. The first kappa shape index (κ1) is 20.1. The maximum atomic E-state index is 12.7. The van der Waals surface area contributed by atoms with E-state index >= 15 is 0 Å². The molecule has 2 N–H and O–H groups in total. The molecule has 150 valence electrons. The molecule has 0 spiro atoms. The summed E-state index contributed by atoms with van der Waals surface area (Å²) in [5.74, 6) is 0.637. The molecule has 0 fully saturated rings. The van der Waals surface area contributed by atoms with Gasteiger partial charge in [0.2, 0.25) is 5.91 Å². The van der Waals surface area contributed by atoms with E-state index in [1.165, 1.54) is 12.1 Å². The first-order chi connectivity index (χ1) is 13.3. The number of anilines is 1. The minimum absolute atomic E-state index is 0.167. The zero-order valence-electron chi connectivity index (χ0n) is 14.7. The van der Waals surface area contributed by atoms with Crippen LogP contribution in [0.25, 0.3) is 0 Å². The first-order valence-corrected chi connectivity index (χ1v) is 8.96. The third-order valence-electron chi connectivity index (χ3n) is 3.99. The molecule has 1 aliphatic rings. The topological polar surface area (TPSA) is 59.6 Å². The highest BCUT2D eigenvalue weighted by atomic mass is 35.5. The Morgan fingerprint density at radius 3 is 2.71 bits per heavy atom. The molecule has 0 unspecified atom stereocenters. The van der Waals surface area contributed by atoms with E-state index < -0.39 is 11.7 Å². The van der Waals surface area contributed by atoms with E-state index in [-0.39, 0.29) is 24.7 Å². The summed E-state index contributed by atoms with van der Waals surface area (Å²) in [6.07, 6.45) is -3.69. The van der Waals surface area contributed by atoms with Gasteiger partial charge in [0.1, 0.15) is 0 Å². The fourth-order valence-electron chi connectivity index (χ4n) is 2.64. The normalized spacial score (nSPS) is 13.6. The molecule has 2 aromatic carbocycles. The number of hydrogen-bond donors (Lipinski definition) is 2. The van der Waals surface area contributed by atoms with Crippen LogP contribution in [0.4, 0.5) is 18.9 Å². The number of carbonyl (C=O) groups excluding carboxylic acids is 1. The van der Waals surface area contributed by atoms with E-state index in [4.69, 9.17) is 21.1 Å². The Bertz CT molecular complexity index is 859. The van der Waals surface area contributed by atoms with Gasteiger partial charge in [-0.15, -0.1) is 0 Å². The number of nitrogens with one attached hydrogen (secondary N) is 2. The van der Waals surface area contributed by atoms with E-state index in [9.17, 15) is 18.0 Å². The Morgan fingerprint density at radius 2 is 1.93 bits per heavy atom. The molecular formula is C19H18ClF3N2O3. The summed E-state index contributed by atoms with van der Waals surface area (Å²) in [5.41, 5.74) is 0.157. The zero-order chi connectivity index (χ0) is 20.1. The van der Waals surface area contributed by atoms with Crippen molar-refractivity contribution in [1.82, 2.24) is 5.32 Å². The number of hydrogen-bond acceptors (Lipinski definition) is 4. The number of alkyl halides is 3. The van der Waals surface area contributed by atoms with Crippen LogP contribution in [-0.4, -0.2) is 25.7 Å². The number of benzene rings is 2. The summed E-state index contributed by atoms with van der Waals surface area (Å²) in [6.45, 7) is 1.06. The monoisotopic (exact) mass is 414 g/mol. The number of ether oxygens (including phenoxy) is 2. The van der Waals surface area contributed by atoms with Crippen molar-refractivity contribution in [3.8, 4) is 11.5 Å². The summed E-state index contributed by atoms with van der Waals surface area (Å²) >= 11 is 6.21. The second kappa shape index (κ2) is 8.60. The number of rotatable bonds is 5. The van der Waals surface area contributed by atoms with Gasteiger partial charge in [0.05, 0.1) is 30.3 Å². The predicted molar refractivity (Wildman–Crippen MR) is 98.8 cm³/mol. The molecule has 1 aliphatic heterocycles. The van der Waals surface area contributed by atoms with Crippen LogP contribution in [0.3, 0.4) is 0 Å². The SMILES string of the molecule is O=C(CNc1cccc(C(F)(F)F)c1)NCc1cc(Cl)c2c(c1)OCCCO2. The van der Waals surface area contributed by atoms with E-state index in [0.29, 0.717) is 29.7 Å². The molecule has 28 heavy (non-hydrogen) atoms. The Labute approximate surface area is 164 Å². The molecule has 0 aliphatic carbocycles. The first-order valence-electron chi connectivity index (χ1n) is 8.59. The van der Waals surface area contributed by atoms with Gasteiger partial charge in [-0.25, -0.2) is 0 Å². The fraction of sp³-hybridized carbons (Fsp3) is 0.316. The molecule has 0 radical (unpaired) electrons. The van der Waals surface area contributed by atoms with Gasteiger partial charge in [-0.05, 0) is 35.9 Å². The molecule has 9 heteroatoms. The van der Waals surface area contributed by atoms with Crippen molar-refractivity contribution in [2.24, 2.45) is 0 Å². The largest absolute Gasteiger partial charge is 0.489 e. The van der Waals surface area contributed by atoms with Crippen molar-refractivity contribution in [2.75, 3.05) is 25.1 Å². The van der Waals surface area contributed by atoms with Crippen molar-refractivity contribution in [3.63, 3.8) is 0 Å². The molecule has 0 aromatic heterocycles. The number of amides is 1. The molecule has 3 rings (SSSR count). The van der Waals surface area contributed by atoms with Gasteiger partial charge in [0, 0.05) is 18.7 Å². The van der Waals surface area contributed by atoms with Gasteiger partial charge >= 0.3 is 6.18 Å². The van der Waals surface area contributed by atoms with Gasteiger partial charge in [-0.2, -0.15) is 13.2 Å². The lowest BCUT2D eigenvalue weighted by atomic mass is 10.2. The van der Waals surface area contributed by atoms with Gasteiger partial charge in [-0.1, -0.05) is 17.7 Å². The summed E-state index contributed by atoms with van der Waals surface area (Å²) in [5, 5.41) is 5.76. The van der Waals surface area contributed by atoms with Crippen LogP contribution in [-0.2, 0) is 17.5 Å². The Balaban J connectivity index is 1.55. The average molecular weight is 415 g/mol. The zero-order valence-corrected chi connectivity index (χ0v) is 15.5. The van der Waals surface area contributed by atoms with Gasteiger partial charge in [0.25, 0.3) is 0 Å². The predicted octanol–water partition coefficient (Wildman–Crippen LogP) is 4.25. The lowest BCUT2D eigenvalue weighted by molar-refractivity contribution is -0.137. The Kier molecular flexibility index (Phi) is 6.18. The van der Waals surface area contributed by atoms with Crippen LogP contribution < -0.4 is 20.1 Å². The average Bonchev–Trinajstić information content (AvgIpc) is 2.90. The number of carbonyl (C=O) groups is 1. The second-order valence-electron chi connectivity index (χ2n) is 6.16. The number of halogens is 4. The van der Waals surface area contributed by atoms with Crippen molar-refractivity contribution >= 4 is 23.2 Å². The van der Waals surface area contributed by atoms with Crippen LogP contribution in [0.5, 0.6) is 11.5 Å². The summed E-state index contributed by atoms with van der Waals surface area (Å²) in [6, 6.07) is 8.09. The van der Waals surface area contributed by atoms with Crippen LogP contribution in [0, 0.1) is 0 Å². The maximum absolute atomic E-state index is 12.7. The quantitative estimate of drug-likeness (QED) is 0.768. The maximum Gasteiger partial charge on any atom is 0.416 e. The molecule has 2 aromatic rings. The van der Waals surface area contributed by atoms with Crippen LogP contribution >= 0.6 is 11.6 Å². The van der Waals surface area contributed by atoms with Crippen molar-refractivity contribution in [2.45, 2.75) is 19.1 Å². The molecule has 0 saturated heterocycles. The van der Waals surface area contributed by atoms with E-state index in [0.717, 1.165) is 24.1 Å². The third-order valence-corrected chi connectivity index (χ3v) is 4.28. The summed E-state index contributed by atoms with van der Waals surface area (Å²) < 4.78 is 49.3. The van der Waals surface area contributed by atoms with Gasteiger partial charge in [0.15, 0.2) is 11.5 Å². The Morgan fingerprint density at radius 1 is 1.14 bits per heavy atom. The smallest absolute Gasteiger partial charge is 0.416 e. The summed E-state index contributed by atoms with van der Waals surface area (Å²) in [7, 11) is 0. The number of fused-ring (bicyclic) bond motifs is 1. The summed E-state index contributed by atoms with van der Waals surface area (Å²) in [4.78, 5) is 12.0. The highest BCUT2D eigenvalue weighted by Gasteiger charge is 2.30. The molecule has 0 saturated carbocycles. The van der Waals surface area contributed by atoms with Crippen LogP contribution in [0.15, 0.2) is 36.4 Å². The highest BCUT2D eigenvalue weighted by molar-refractivity contribution is 6.32. The molecule has 0 atom stereocenters. The van der Waals surface area contributed by atoms with Crippen molar-refractivity contribution in [3.05, 3.63) is 52.5 Å². The van der Waals surface area contributed by atoms with E-state index in [1.54, 1.807) is 12.1 Å². The second-order valence-corrected chi connectivity index (χ2v) is 6.57. The molecular weight excluding hydrogens is 397 g/mol. The van der Waals surface area contributed by atoms with E-state index in [1.807, 2.05) is 0 Å². The Hall–Kier alpha value is -2.61. The van der Waals surface area contributed by atoms with Crippen LogP contribution in [0.2, 0.25) is 5.02 Å². The lowest BCUT2D eigenvalue weighted by Gasteiger charge is -2.13. The molecule has 1 amide bonds. The minimum Gasteiger partial charge on any atom is -0.489 e. The van der Waals surface area contributed by atoms with Gasteiger partial charge in [-0.3, -0.25) is 4.79 Å². The highest BCUT2D eigenvalue weighted by Crippen LogP contribution is 2.38. The van der Waals surface area contributed by atoms with Crippen molar-refractivity contribution in [1.29, 1.82) is 0 Å². The molecule has 0 bridgehead atoms. The van der Waals surface area contributed by atoms with Crippen molar-refractivity contribution < 1.29 is 27.4 Å².